The fraction of sp³-hybridized carbons (Fsp3) is 1.00. The fourth-order valence-electron chi connectivity index (χ4n) is 3.55. The van der Waals surface area contributed by atoms with Crippen molar-refractivity contribution in [1.29, 1.82) is 0 Å². The van der Waals surface area contributed by atoms with Crippen molar-refractivity contribution in [3.05, 3.63) is 0 Å². The average Bonchev–Trinajstić information content (AvgIpc) is 2.90. The summed E-state index contributed by atoms with van der Waals surface area (Å²) >= 11 is 0. The van der Waals surface area contributed by atoms with E-state index in [-0.39, 0.29) is 0 Å². The zero-order valence-corrected chi connectivity index (χ0v) is 11.8. The van der Waals surface area contributed by atoms with Crippen molar-refractivity contribution in [3.8, 4) is 0 Å². The average molecular weight is 239 g/mol. The summed E-state index contributed by atoms with van der Waals surface area (Å²) in [5.41, 5.74) is 0.548. The summed E-state index contributed by atoms with van der Waals surface area (Å²) in [6.07, 6.45) is 5.44. The van der Waals surface area contributed by atoms with E-state index in [1.165, 1.54) is 58.4 Å². The summed E-state index contributed by atoms with van der Waals surface area (Å²) in [5, 5.41) is 3.53. The van der Waals surface area contributed by atoms with Gasteiger partial charge < -0.3 is 15.1 Å². The van der Waals surface area contributed by atoms with Crippen LogP contribution in [-0.4, -0.2) is 62.7 Å². The molecule has 2 atom stereocenters. The van der Waals surface area contributed by atoms with E-state index in [4.69, 9.17) is 0 Å². The molecule has 0 aliphatic carbocycles. The predicted molar refractivity (Wildman–Crippen MR) is 73.4 cm³/mol. The Balaban J connectivity index is 1.81. The van der Waals surface area contributed by atoms with Crippen LogP contribution in [0.4, 0.5) is 0 Å². The maximum Gasteiger partial charge on any atom is 0.0220 e. The van der Waals surface area contributed by atoms with E-state index in [1.807, 2.05) is 0 Å². The number of nitrogens with zero attached hydrogens (tertiary/aromatic N) is 2. The molecule has 0 aromatic heterocycles. The number of rotatable bonds is 5. The summed E-state index contributed by atoms with van der Waals surface area (Å²) in [6, 6.07) is 0.795. The third-order valence-corrected chi connectivity index (χ3v) is 4.88. The standard InChI is InChI=1S/C14H29N3/c1-4-14(7-8-15-11-14)12-16(2)10-13-6-5-9-17(13)3/h13,15H,4-12H2,1-3H3. The van der Waals surface area contributed by atoms with Crippen molar-refractivity contribution in [2.45, 2.75) is 38.6 Å². The van der Waals surface area contributed by atoms with E-state index in [1.54, 1.807) is 0 Å². The van der Waals surface area contributed by atoms with Gasteiger partial charge in [0.2, 0.25) is 0 Å². The maximum atomic E-state index is 3.53. The molecule has 2 unspecified atom stereocenters. The van der Waals surface area contributed by atoms with Gasteiger partial charge in [-0.1, -0.05) is 6.92 Å². The lowest BCUT2D eigenvalue weighted by atomic mass is 9.84. The SMILES string of the molecule is CCC1(CN(C)CC2CCCN2C)CCNC1. The third-order valence-electron chi connectivity index (χ3n) is 4.88. The molecule has 0 saturated carbocycles. The van der Waals surface area contributed by atoms with Gasteiger partial charge in [-0.3, -0.25) is 0 Å². The van der Waals surface area contributed by atoms with E-state index in [9.17, 15) is 0 Å². The molecular weight excluding hydrogens is 210 g/mol. The number of likely N-dealkylation sites (tertiary alicyclic amines) is 1. The Morgan fingerprint density at radius 1 is 1.47 bits per heavy atom. The van der Waals surface area contributed by atoms with Crippen LogP contribution in [0.2, 0.25) is 0 Å². The van der Waals surface area contributed by atoms with Crippen LogP contribution in [0.15, 0.2) is 0 Å². The minimum atomic E-state index is 0.548. The fourth-order valence-corrected chi connectivity index (χ4v) is 3.55. The lowest BCUT2D eigenvalue weighted by Crippen LogP contribution is -2.42. The molecule has 100 valence electrons. The van der Waals surface area contributed by atoms with Crippen molar-refractivity contribution >= 4 is 0 Å². The quantitative estimate of drug-likeness (QED) is 0.782. The largest absolute Gasteiger partial charge is 0.316 e. The monoisotopic (exact) mass is 239 g/mol. The van der Waals surface area contributed by atoms with Crippen LogP contribution in [0, 0.1) is 5.41 Å². The van der Waals surface area contributed by atoms with Crippen molar-refractivity contribution in [2.24, 2.45) is 5.41 Å². The molecule has 2 saturated heterocycles. The van der Waals surface area contributed by atoms with E-state index < -0.39 is 0 Å². The minimum absolute atomic E-state index is 0.548. The van der Waals surface area contributed by atoms with Gasteiger partial charge in [-0.2, -0.15) is 0 Å². The first kappa shape index (κ1) is 13.3. The molecule has 17 heavy (non-hydrogen) atoms. The molecule has 2 aliphatic rings. The number of hydrogen-bond acceptors (Lipinski definition) is 3. The first-order chi connectivity index (χ1) is 8.15. The highest BCUT2D eigenvalue weighted by molar-refractivity contribution is 4.90. The molecule has 0 aromatic carbocycles. The smallest absolute Gasteiger partial charge is 0.0220 e. The maximum absolute atomic E-state index is 3.53. The van der Waals surface area contributed by atoms with Gasteiger partial charge in [-0.05, 0) is 58.3 Å². The minimum Gasteiger partial charge on any atom is -0.316 e. The molecule has 0 amide bonds. The Hall–Kier alpha value is -0.120. The van der Waals surface area contributed by atoms with Gasteiger partial charge in [-0.15, -0.1) is 0 Å². The van der Waals surface area contributed by atoms with Crippen molar-refractivity contribution in [3.63, 3.8) is 0 Å². The molecule has 3 heteroatoms. The zero-order valence-electron chi connectivity index (χ0n) is 11.8. The summed E-state index contributed by atoms with van der Waals surface area (Å²) in [7, 11) is 4.58. The molecule has 2 aliphatic heterocycles. The first-order valence-corrected chi connectivity index (χ1v) is 7.25. The van der Waals surface area contributed by atoms with Gasteiger partial charge in [0.15, 0.2) is 0 Å². The highest BCUT2D eigenvalue weighted by atomic mass is 15.2. The van der Waals surface area contributed by atoms with Crippen molar-refractivity contribution in [2.75, 3.05) is 46.8 Å². The molecule has 0 spiro atoms. The molecule has 0 bridgehead atoms. The van der Waals surface area contributed by atoms with E-state index in [0.717, 1.165) is 6.04 Å². The Morgan fingerprint density at radius 2 is 2.29 bits per heavy atom. The van der Waals surface area contributed by atoms with E-state index in [0.29, 0.717) is 5.41 Å². The highest BCUT2D eigenvalue weighted by Gasteiger charge is 2.33. The summed E-state index contributed by atoms with van der Waals surface area (Å²) < 4.78 is 0. The van der Waals surface area contributed by atoms with Gasteiger partial charge in [0, 0.05) is 25.7 Å². The summed E-state index contributed by atoms with van der Waals surface area (Å²) in [5.74, 6) is 0. The second-order valence-corrected chi connectivity index (χ2v) is 6.25. The Bertz CT molecular complexity index is 236. The van der Waals surface area contributed by atoms with Gasteiger partial charge in [0.25, 0.3) is 0 Å². The highest BCUT2D eigenvalue weighted by Crippen LogP contribution is 2.30. The van der Waals surface area contributed by atoms with Gasteiger partial charge in [0.1, 0.15) is 0 Å². The van der Waals surface area contributed by atoms with E-state index in [2.05, 4.69) is 36.1 Å². The van der Waals surface area contributed by atoms with Gasteiger partial charge in [0.05, 0.1) is 0 Å². The van der Waals surface area contributed by atoms with Crippen LogP contribution in [0.1, 0.15) is 32.6 Å². The Morgan fingerprint density at radius 3 is 2.82 bits per heavy atom. The molecule has 2 rings (SSSR count). The normalized spacial score (nSPS) is 34.9. The second kappa shape index (κ2) is 5.68. The zero-order chi connectivity index (χ0) is 12.3. The molecule has 0 aromatic rings. The predicted octanol–water partition coefficient (Wildman–Crippen LogP) is 1.40. The molecular formula is C14H29N3. The van der Waals surface area contributed by atoms with Gasteiger partial charge in [-0.25, -0.2) is 0 Å². The number of likely N-dealkylation sites (N-methyl/N-ethyl adjacent to an activating group) is 2. The van der Waals surface area contributed by atoms with Crippen molar-refractivity contribution in [1.82, 2.24) is 15.1 Å². The van der Waals surface area contributed by atoms with Crippen LogP contribution < -0.4 is 5.32 Å². The lowest BCUT2D eigenvalue weighted by Gasteiger charge is -2.34. The van der Waals surface area contributed by atoms with Crippen LogP contribution >= 0.6 is 0 Å². The molecule has 2 heterocycles. The molecule has 0 radical (unpaired) electrons. The topological polar surface area (TPSA) is 18.5 Å². The van der Waals surface area contributed by atoms with Crippen LogP contribution in [0.25, 0.3) is 0 Å². The van der Waals surface area contributed by atoms with Crippen LogP contribution in [0.5, 0.6) is 0 Å². The van der Waals surface area contributed by atoms with Crippen LogP contribution in [-0.2, 0) is 0 Å². The van der Waals surface area contributed by atoms with Crippen LogP contribution in [0.3, 0.4) is 0 Å². The summed E-state index contributed by atoms with van der Waals surface area (Å²) in [4.78, 5) is 5.10. The second-order valence-electron chi connectivity index (χ2n) is 6.25. The summed E-state index contributed by atoms with van der Waals surface area (Å²) in [6.45, 7) is 8.58. The molecule has 3 nitrogen and oxygen atoms in total. The van der Waals surface area contributed by atoms with E-state index >= 15 is 0 Å². The first-order valence-electron chi connectivity index (χ1n) is 7.25. The lowest BCUT2D eigenvalue weighted by molar-refractivity contribution is 0.151. The molecule has 1 N–H and O–H groups in total. The number of hydrogen-bond donors (Lipinski definition) is 1. The van der Waals surface area contributed by atoms with Crippen molar-refractivity contribution < 1.29 is 0 Å². The number of nitrogens with one attached hydrogen (secondary N) is 1. The Labute approximate surface area is 107 Å². The molecule has 2 fully saturated rings. The third kappa shape index (κ3) is 3.21. The van der Waals surface area contributed by atoms with Gasteiger partial charge >= 0.3 is 0 Å². The Kier molecular flexibility index (Phi) is 4.45.